The molecule has 0 amide bonds. The molecule has 0 aliphatic carbocycles. The summed E-state index contributed by atoms with van der Waals surface area (Å²) in [6, 6.07) is 10.8. The fourth-order valence-corrected chi connectivity index (χ4v) is 2.22. The Labute approximate surface area is 115 Å². The fraction of sp³-hybridized carbons (Fsp3) is 0.133. The molecule has 3 rings (SSSR count). The van der Waals surface area contributed by atoms with E-state index in [-0.39, 0.29) is 5.56 Å². The summed E-state index contributed by atoms with van der Waals surface area (Å²) >= 11 is 0. The molecule has 0 aliphatic rings. The molecule has 0 atom stereocenters. The van der Waals surface area contributed by atoms with Gasteiger partial charge in [0.05, 0.1) is 18.2 Å². The van der Waals surface area contributed by atoms with E-state index in [0.29, 0.717) is 28.3 Å². The molecule has 0 radical (unpaired) electrons. The van der Waals surface area contributed by atoms with Crippen molar-refractivity contribution in [3.8, 4) is 11.4 Å². The minimum Gasteiger partial charge on any atom is -0.495 e. The van der Waals surface area contributed by atoms with E-state index in [4.69, 9.17) is 4.74 Å². The maximum atomic E-state index is 12.6. The van der Waals surface area contributed by atoms with Gasteiger partial charge in [0.25, 0.3) is 5.56 Å². The van der Waals surface area contributed by atoms with Crippen LogP contribution in [0, 0.1) is 6.92 Å². The highest BCUT2D eigenvalue weighted by Gasteiger charge is 2.13. The lowest BCUT2D eigenvalue weighted by molar-refractivity contribution is 0.412. The third-order valence-electron chi connectivity index (χ3n) is 3.14. The lowest BCUT2D eigenvalue weighted by Gasteiger charge is -2.13. The summed E-state index contributed by atoms with van der Waals surface area (Å²) in [5, 5.41) is 0.490. The van der Waals surface area contributed by atoms with Gasteiger partial charge in [0.1, 0.15) is 11.6 Å². The molecule has 0 saturated carbocycles. The molecule has 0 saturated heterocycles. The van der Waals surface area contributed by atoms with E-state index in [1.54, 1.807) is 36.9 Å². The van der Waals surface area contributed by atoms with Gasteiger partial charge in [-0.15, -0.1) is 0 Å². The SMILES string of the molecule is COc1ccccc1-n1c(C)nc2ncccc2c1=O. The van der Waals surface area contributed by atoms with Crippen LogP contribution in [-0.2, 0) is 0 Å². The second kappa shape index (κ2) is 4.77. The number of hydrogen-bond acceptors (Lipinski definition) is 4. The average molecular weight is 267 g/mol. The van der Waals surface area contributed by atoms with Crippen molar-refractivity contribution < 1.29 is 4.74 Å². The van der Waals surface area contributed by atoms with E-state index in [1.807, 2.05) is 24.3 Å². The van der Waals surface area contributed by atoms with Crippen LogP contribution in [0.25, 0.3) is 16.7 Å². The number of rotatable bonds is 2. The first-order valence-corrected chi connectivity index (χ1v) is 6.20. The number of nitrogens with zero attached hydrogens (tertiary/aromatic N) is 3. The van der Waals surface area contributed by atoms with Crippen LogP contribution in [-0.4, -0.2) is 21.6 Å². The smallest absolute Gasteiger partial charge is 0.267 e. The number of methoxy groups -OCH3 is 1. The highest BCUT2D eigenvalue weighted by Crippen LogP contribution is 2.22. The summed E-state index contributed by atoms with van der Waals surface area (Å²) in [6.45, 7) is 1.78. The maximum absolute atomic E-state index is 12.6. The van der Waals surface area contributed by atoms with Crippen LogP contribution in [0.2, 0.25) is 0 Å². The molecule has 2 heterocycles. The highest BCUT2D eigenvalue weighted by molar-refractivity contribution is 5.73. The van der Waals surface area contributed by atoms with Crippen molar-refractivity contribution in [2.75, 3.05) is 7.11 Å². The van der Waals surface area contributed by atoms with Crippen molar-refractivity contribution in [1.82, 2.24) is 14.5 Å². The largest absolute Gasteiger partial charge is 0.495 e. The molecule has 0 unspecified atom stereocenters. The molecule has 5 nitrogen and oxygen atoms in total. The van der Waals surface area contributed by atoms with Gasteiger partial charge in [0, 0.05) is 6.20 Å². The fourth-order valence-electron chi connectivity index (χ4n) is 2.22. The third-order valence-corrected chi connectivity index (χ3v) is 3.14. The van der Waals surface area contributed by atoms with E-state index in [0.717, 1.165) is 0 Å². The maximum Gasteiger partial charge on any atom is 0.267 e. The van der Waals surface area contributed by atoms with Gasteiger partial charge in [-0.1, -0.05) is 12.1 Å². The summed E-state index contributed by atoms with van der Waals surface area (Å²) in [7, 11) is 1.58. The molecule has 5 heteroatoms. The number of aryl methyl sites for hydroxylation is 1. The molecular weight excluding hydrogens is 254 g/mol. The molecule has 1 aromatic carbocycles. The Kier molecular flexibility index (Phi) is 2.95. The van der Waals surface area contributed by atoms with Gasteiger partial charge < -0.3 is 4.74 Å². The Hall–Kier alpha value is -2.69. The minimum atomic E-state index is -0.148. The molecule has 0 N–H and O–H groups in total. The van der Waals surface area contributed by atoms with Crippen molar-refractivity contribution in [3.63, 3.8) is 0 Å². The summed E-state index contributed by atoms with van der Waals surface area (Å²) in [4.78, 5) is 21.2. The Morgan fingerprint density at radius 3 is 2.75 bits per heavy atom. The Balaban J connectivity index is 2.40. The second-order valence-electron chi connectivity index (χ2n) is 4.35. The first-order chi connectivity index (χ1) is 9.72. The lowest BCUT2D eigenvalue weighted by atomic mass is 10.2. The summed E-state index contributed by atoms with van der Waals surface area (Å²) < 4.78 is 6.86. The normalized spacial score (nSPS) is 10.7. The topological polar surface area (TPSA) is 57.0 Å². The zero-order valence-corrected chi connectivity index (χ0v) is 11.2. The highest BCUT2D eigenvalue weighted by atomic mass is 16.5. The van der Waals surface area contributed by atoms with Crippen molar-refractivity contribution in [1.29, 1.82) is 0 Å². The number of para-hydroxylation sites is 2. The van der Waals surface area contributed by atoms with Gasteiger partial charge in [-0.3, -0.25) is 9.36 Å². The van der Waals surface area contributed by atoms with E-state index >= 15 is 0 Å². The Morgan fingerprint density at radius 1 is 1.15 bits per heavy atom. The van der Waals surface area contributed by atoms with E-state index < -0.39 is 0 Å². The van der Waals surface area contributed by atoms with Crippen molar-refractivity contribution in [2.45, 2.75) is 6.92 Å². The Bertz CT molecular complexity index is 840. The predicted octanol–water partition coefficient (Wildman–Crippen LogP) is 2.10. The molecule has 0 fully saturated rings. The standard InChI is InChI=1S/C15H13N3O2/c1-10-17-14-11(6-5-9-16-14)15(19)18(10)12-7-3-4-8-13(12)20-2/h3-9H,1-2H3. The number of benzene rings is 1. The van der Waals surface area contributed by atoms with E-state index in [9.17, 15) is 4.79 Å². The van der Waals surface area contributed by atoms with Gasteiger partial charge in [0.15, 0.2) is 5.65 Å². The third kappa shape index (κ3) is 1.84. The first kappa shape index (κ1) is 12.3. The van der Waals surface area contributed by atoms with Crippen molar-refractivity contribution in [3.05, 3.63) is 58.8 Å². The second-order valence-corrected chi connectivity index (χ2v) is 4.35. The molecule has 3 aromatic rings. The lowest BCUT2D eigenvalue weighted by Crippen LogP contribution is -2.23. The molecule has 2 aromatic heterocycles. The molecule has 20 heavy (non-hydrogen) atoms. The van der Waals surface area contributed by atoms with Gasteiger partial charge in [-0.25, -0.2) is 9.97 Å². The first-order valence-electron chi connectivity index (χ1n) is 6.20. The number of fused-ring (bicyclic) bond motifs is 1. The average Bonchev–Trinajstić information content (AvgIpc) is 2.48. The van der Waals surface area contributed by atoms with Crippen LogP contribution in [0.15, 0.2) is 47.4 Å². The number of ether oxygens (including phenoxy) is 1. The molecular formula is C15H13N3O2. The molecule has 100 valence electrons. The molecule has 0 bridgehead atoms. The summed E-state index contributed by atoms with van der Waals surface area (Å²) in [6.07, 6.45) is 1.63. The molecule has 0 aliphatic heterocycles. The monoisotopic (exact) mass is 267 g/mol. The number of aromatic nitrogens is 3. The quantitative estimate of drug-likeness (QED) is 0.713. The van der Waals surface area contributed by atoms with Crippen LogP contribution < -0.4 is 10.3 Å². The number of hydrogen-bond donors (Lipinski definition) is 0. The van der Waals surface area contributed by atoms with Gasteiger partial charge in [-0.05, 0) is 31.2 Å². The Morgan fingerprint density at radius 2 is 1.95 bits per heavy atom. The summed E-state index contributed by atoms with van der Waals surface area (Å²) in [5.74, 6) is 1.20. The zero-order valence-electron chi connectivity index (χ0n) is 11.2. The van der Waals surface area contributed by atoms with Gasteiger partial charge >= 0.3 is 0 Å². The predicted molar refractivity (Wildman–Crippen MR) is 76.4 cm³/mol. The molecule has 0 spiro atoms. The van der Waals surface area contributed by atoms with Crippen LogP contribution in [0.5, 0.6) is 5.75 Å². The zero-order chi connectivity index (χ0) is 14.1. The van der Waals surface area contributed by atoms with Crippen LogP contribution in [0.1, 0.15) is 5.82 Å². The summed E-state index contributed by atoms with van der Waals surface area (Å²) in [5.41, 5.74) is 0.988. The van der Waals surface area contributed by atoms with Gasteiger partial charge in [0.2, 0.25) is 0 Å². The van der Waals surface area contributed by atoms with Crippen LogP contribution in [0.4, 0.5) is 0 Å². The minimum absolute atomic E-state index is 0.148. The van der Waals surface area contributed by atoms with E-state index in [2.05, 4.69) is 9.97 Å². The van der Waals surface area contributed by atoms with Gasteiger partial charge in [-0.2, -0.15) is 0 Å². The number of pyridine rings is 1. The van der Waals surface area contributed by atoms with Crippen LogP contribution in [0.3, 0.4) is 0 Å². The van der Waals surface area contributed by atoms with Crippen molar-refractivity contribution in [2.24, 2.45) is 0 Å². The van der Waals surface area contributed by atoms with Crippen LogP contribution >= 0.6 is 0 Å². The van der Waals surface area contributed by atoms with E-state index in [1.165, 1.54) is 0 Å². The van der Waals surface area contributed by atoms with Crippen molar-refractivity contribution >= 4 is 11.0 Å².